The molecule has 25 heteroatoms. The maximum atomic E-state index is 17.1. The van der Waals surface area contributed by atoms with Gasteiger partial charge in [-0.25, -0.2) is 9.37 Å². The lowest BCUT2D eigenvalue weighted by Crippen LogP contribution is -2.58. The molecule has 0 bridgehead atoms. The van der Waals surface area contributed by atoms with Crippen LogP contribution in [-0.4, -0.2) is 219 Å². The molecule has 5 atom stereocenters. The van der Waals surface area contributed by atoms with Crippen molar-refractivity contribution in [2.24, 2.45) is 5.41 Å². The Morgan fingerprint density at radius 1 is 0.828 bits per heavy atom. The molecule has 0 aliphatic carbocycles. The van der Waals surface area contributed by atoms with Crippen molar-refractivity contribution in [2.45, 2.75) is 97.2 Å². The van der Waals surface area contributed by atoms with Crippen molar-refractivity contribution in [2.75, 3.05) is 130 Å². The molecule has 3 aliphatic rings. The Morgan fingerprint density at radius 2 is 1.47 bits per heavy atom. The number of hydrogen-bond acceptors (Lipinski definition) is 19. The lowest BCUT2D eigenvalue weighted by molar-refractivity contribution is -0.144. The number of ether oxygens (including phenoxy) is 7. The van der Waals surface area contributed by atoms with Crippen molar-refractivity contribution in [1.82, 2.24) is 40.3 Å². The molecule has 6 aromatic rings. The molecule has 0 spiro atoms. The molecule has 22 nitrogen and oxygen atoms in total. The molecule has 502 valence electrons. The van der Waals surface area contributed by atoms with Crippen LogP contribution in [0.25, 0.3) is 43.2 Å². The van der Waals surface area contributed by atoms with Crippen molar-refractivity contribution in [3.8, 4) is 33.3 Å². The molecule has 93 heavy (non-hydrogen) atoms. The van der Waals surface area contributed by atoms with E-state index in [-0.39, 0.29) is 90.7 Å². The summed E-state index contributed by atoms with van der Waals surface area (Å²) in [6.07, 6.45) is 1.87. The van der Waals surface area contributed by atoms with E-state index < -0.39 is 41.2 Å². The number of β-amino-alcohol motifs (C(OH)–C–C–N with tert-alkyl or cyclic N) is 1. The van der Waals surface area contributed by atoms with Crippen LogP contribution in [0.15, 0.2) is 84.9 Å². The van der Waals surface area contributed by atoms with Gasteiger partial charge in [0.05, 0.1) is 105 Å². The van der Waals surface area contributed by atoms with Gasteiger partial charge in [-0.3, -0.25) is 24.1 Å². The van der Waals surface area contributed by atoms with Crippen molar-refractivity contribution in [3.63, 3.8) is 0 Å². The maximum absolute atomic E-state index is 17.1. The van der Waals surface area contributed by atoms with Gasteiger partial charge in [-0.05, 0) is 90.8 Å². The Bertz CT molecular complexity index is 3510. The minimum Gasteiger partial charge on any atom is -0.508 e. The number of nitrogens with zero attached hydrogens (tertiary/aromatic N) is 7. The Hall–Kier alpha value is -6.97. The third kappa shape index (κ3) is 18.9. The summed E-state index contributed by atoms with van der Waals surface area (Å²) >= 11 is 8.50. The number of aromatic nitrogens is 3. The van der Waals surface area contributed by atoms with Crippen LogP contribution in [0, 0.1) is 18.2 Å². The van der Waals surface area contributed by atoms with Gasteiger partial charge < -0.3 is 68.7 Å². The Labute approximate surface area is 551 Å². The zero-order valence-corrected chi connectivity index (χ0v) is 55.5. The summed E-state index contributed by atoms with van der Waals surface area (Å²) < 4.78 is 57.8. The van der Waals surface area contributed by atoms with Gasteiger partial charge in [-0.1, -0.05) is 87.5 Å². The van der Waals surface area contributed by atoms with Gasteiger partial charge in [0.1, 0.15) is 41.9 Å². The summed E-state index contributed by atoms with van der Waals surface area (Å²) in [5.74, 6) is -1.74. The summed E-state index contributed by atoms with van der Waals surface area (Å²) in [5.41, 5.74) is 4.54. The van der Waals surface area contributed by atoms with E-state index in [4.69, 9.17) is 49.7 Å². The number of aryl methyl sites for hydroxylation is 1. The zero-order chi connectivity index (χ0) is 66.2. The van der Waals surface area contributed by atoms with Crippen molar-refractivity contribution in [1.29, 1.82) is 0 Å². The number of benzene rings is 4. The Balaban J connectivity index is 0.609. The number of carbonyl (C=O) groups excluding carboxylic acids is 4. The number of aliphatic hydroxyl groups is 1. The second kappa shape index (κ2) is 33.4. The summed E-state index contributed by atoms with van der Waals surface area (Å²) in [5, 5.41) is 29.1. The van der Waals surface area contributed by atoms with Gasteiger partial charge in [-0.15, -0.1) is 11.3 Å². The maximum Gasteiger partial charge on any atom is 0.319 e. The lowest BCUT2D eigenvalue weighted by Gasteiger charge is -2.35. The van der Waals surface area contributed by atoms with Crippen molar-refractivity contribution < 1.29 is 66.9 Å². The fourth-order valence-corrected chi connectivity index (χ4v) is 13.0. The first kappa shape index (κ1) is 70.3. The molecule has 4 amide bonds. The summed E-state index contributed by atoms with van der Waals surface area (Å²) in [7, 11) is 0. The number of aliphatic hydroxyl groups excluding tert-OH is 1. The monoisotopic (exact) mass is 1320 g/mol. The molecular formula is C68H87ClFN9O13S. The van der Waals surface area contributed by atoms with Gasteiger partial charge in [0.25, 0.3) is 0 Å². The third-order valence-corrected chi connectivity index (χ3v) is 18.0. The van der Waals surface area contributed by atoms with Crippen LogP contribution >= 0.6 is 22.9 Å². The highest BCUT2D eigenvalue weighted by atomic mass is 35.5. The molecule has 3 aliphatic heterocycles. The van der Waals surface area contributed by atoms with Crippen molar-refractivity contribution >= 4 is 74.1 Å². The minimum absolute atomic E-state index is 0.0157. The number of phenolic OH excluding ortho intramolecular Hbond substituents is 1. The summed E-state index contributed by atoms with van der Waals surface area (Å²) in [6, 6.07) is 17.8. The topological polar surface area (TPSA) is 249 Å². The molecule has 9 rings (SSSR count). The number of rotatable bonds is 31. The van der Waals surface area contributed by atoms with Crippen LogP contribution in [0.4, 0.5) is 10.2 Å². The second-order valence-electron chi connectivity index (χ2n) is 24.7. The van der Waals surface area contributed by atoms with Crippen LogP contribution in [0.5, 0.6) is 11.8 Å². The van der Waals surface area contributed by atoms with Crippen LogP contribution < -0.4 is 20.3 Å². The molecule has 4 aromatic carbocycles. The molecule has 0 saturated carbocycles. The molecule has 3 saturated heterocycles. The third-order valence-electron chi connectivity index (χ3n) is 16.7. The molecule has 5 heterocycles. The highest BCUT2D eigenvalue weighted by Gasteiger charge is 2.45. The van der Waals surface area contributed by atoms with Crippen LogP contribution in [0.1, 0.15) is 71.2 Å². The average Bonchev–Trinajstić information content (AvgIpc) is 1.37. The van der Waals surface area contributed by atoms with E-state index in [1.807, 2.05) is 100 Å². The largest absolute Gasteiger partial charge is 0.508 e. The number of piperidine rings is 1. The molecular weight excluding hydrogens is 1240 g/mol. The van der Waals surface area contributed by atoms with Crippen LogP contribution in [0.2, 0.25) is 5.02 Å². The minimum atomic E-state index is -0.986. The van der Waals surface area contributed by atoms with Gasteiger partial charge in [0.2, 0.25) is 23.6 Å². The van der Waals surface area contributed by atoms with Crippen LogP contribution in [-0.2, 0) is 47.6 Å². The molecule has 0 unspecified atom stereocenters. The van der Waals surface area contributed by atoms with Gasteiger partial charge in [-0.2, -0.15) is 9.97 Å². The van der Waals surface area contributed by atoms with Gasteiger partial charge in [0.15, 0.2) is 5.82 Å². The highest BCUT2D eigenvalue weighted by molar-refractivity contribution is 7.13. The van der Waals surface area contributed by atoms with E-state index in [2.05, 4.69) is 32.1 Å². The van der Waals surface area contributed by atoms with E-state index in [1.165, 1.54) is 17.0 Å². The van der Waals surface area contributed by atoms with Crippen molar-refractivity contribution in [3.05, 3.63) is 107 Å². The molecule has 2 aromatic heterocycles. The van der Waals surface area contributed by atoms with E-state index in [1.54, 1.807) is 28.4 Å². The number of amides is 4. The Kier molecular flexibility index (Phi) is 25.3. The number of hydrogen-bond donors (Lipinski definition) is 4. The second-order valence-corrected chi connectivity index (χ2v) is 25.9. The van der Waals surface area contributed by atoms with Crippen LogP contribution in [0.3, 0.4) is 0 Å². The highest BCUT2D eigenvalue weighted by Crippen LogP contribution is 2.43. The number of carbonyl (C=O) groups is 4. The number of fused-ring (bicyclic) bond motifs is 2. The normalized spacial score (nSPS) is 17.6. The number of likely N-dealkylation sites (tertiary alicyclic amines) is 2. The first-order valence-electron chi connectivity index (χ1n) is 31.8. The Morgan fingerprint density at radius 3 is 2.11 bits per heavy atom. The van der Waals surface area contributed by atoms with E-state index >= 15 is 4.39 Å². The SMILES string of the molecule is C=CC(=O)N1CCN(c2nc(O[C@H](C)CN3CCC(OCCOCCOCCOCCOCCOCC(=O)N[C@H](C(=O)N4C[C@H](O)C[C@H]4C(=O)N[C@@H](C)c4ccc(-c5scnc5C)cc4)C(C)(C)C)CC3)nc3c(F)c(-c4cc(O)cc5ccccc45)c(Cl)cc23)CC1. The number of piperazine rings is 1. The van der Waals surface area contributed by atoms with E-state index in [9.17, 15) is 29.4 Å². The predicted octanol–water partition coefficient (Wildman–Crippen LogP) is 7.92. The standard InChI is InChI=1S/C68H87ClFN9O13S/c1-8-58(83)77-21-23-78(24-22-77)64-54-38-55(69)59(53-36-49(80)35-48-11-9-10-12-52(48)53)60(70)61(54)74-67(75-64)92-43(2)39-76-19-17-51(18-20-76)91-34-33-89-30-29-87-26-25-86-27-28-88-31-32-90-41-57(82)73-63(68(5,6)7)66(85)79-40-50(81)37-56(79)65(84)72-44(3)46-13-15-47(16-14-46)62-45(4)71-42-93-62/h8-16,35-36,38,42-44,50-51,56,63,80-81H,1,17-34,37,39-41H2,2-7H3,(H,72,84)(H,73,82)/t43-,44+,50-,56+,63-/m1/s1. The van der Waals surface area contributed by atoms with E-state index in [0.717, 1.165) is 53.0 Å². The molecule has 0 radical (unpaired) electrons. The predicted molar refractivity (Wildman–Crippen MR) is 354 cm³/mol. The van der Waals surface area contributed by atoms with Gasteiger partial charge >= 0.3 is 6.01 Å². The fraction of sp³-hybridized carbons (Fsp3) is 0.515. The summed E-state index contributed by atoms with van der Waals surface area (Å²) in [4.78, 5) is 75.5. The summed E-state index contributed by atoms with van der Waals surface area (Å²) in [6.45, 7) is 21.9. The number of anilines is 1. The fourth-order valence-electron chi connectivity index (χ4n) is 11.8. The van der Waals surface area contributed by atoms with Gasteiger partial charge in [0, 0.05) is 69.7 Å². The first-order chi connectivity index (χ1) is 44.8. The first-order valence-corrected chi connectivity index (χ1v) is 33.1. The molecule has 4 N–H and O–H groups in total. The number of halogens is 2. The molecule has 3 fully saturated rings. The number of thiazole rings is 1. The quantitative estimate of drug-likeness (QED) is 0.0238. The zero-order valence-electron chi connectivity index (χ0n) is 53.9. The number of nitrogens with one attached hydrogen (secondary N) is 2. The number of phenols is 1. The van der Waals surface area contributed by atoms with E-state index in [0.29, 0.717) is 108 Å². The number of aromatic hydroxyl groups is 1. The lowest BCUT2D eigenvalue weighted by atomic mass is 9.85. The average molecular weight is 1330 g/mol. The smallest absolute Gasteiger partial charge is 0.319 e.